The van der Waals surface area contributed by atoms with Crippen LogP contribution in [-0.4, -0.2) is 62.0 Å². The van der Waals surface area contributed by atoms with Crippen LogP contribution in [0, 0.1) is 5.92 Å². The second kappa shape index (κ2) is 10.9. The van der Waals surface area contributed by atoms with Crippen molar-refractivity contribution in [3.63, 3.8) is 0 Å². The number of nitrogens with zero attached hydrogens (tertiary/aromatic N) is 3. The number of nitrogen functional groups attached to an aromatic ring is 1. The monoisotopic (exact) mass is 453 g/mol. The average Bonchev–Trinajstić information content (AvgIpc) is 3.49. The topological polar surface area (TPSA) is 176 Å². The van der Waals surface area contributed by atoms with Gasteiger partial charge in [-0.2, -0.15) is 5.10 Å². The maximum absolute atomic E-state index is 11.9. The maximum atomic E-state index is 11.9. The van der Waals surface area contributed by atoms with E-state index in [1.54, 1.807) is 19.1 Å². The zero-order valence-electron chi connectivity index (χ0n) is 18.9. The second-order valence-corrected chi connectivity index (χ2v) is 7.99. The summed E-state index contributed by atoms with van der Waals surface area (Å²) < 4.78 is 17.8. The second-order valence-electron chi connectivity index (χ2n) is 7.99. The number of hydrogen-bond donors (Lipinski definition) is 4. The number of ether oxygens (including phenoxy) is 3. The Hall–Kier alpha value is -2.47. The van der Waals surface area contributed by atoms with Crippen LogP contribution >= 0.6 is 0 Å². The molecule has 32 heavy (non-hydrogen) atoms. The van der Waals surface area contributed by atoms with Crippen LogP contribution in [0.25, 0.3) is 5.52 Å². The van der Waals surface area contributed by atoms with Crippen molar-refractivity contribution in [2.24, 2.45) is 5.92 Å². The van der Waals surface area contributed by atoms with Crippen LogP contribution in [0.4, 0.5) is 10.6 Å². The highest BCUT2D eigenvalue weighted by Crippen LogP contribution is 2.40. The minimum Gasteiger partial charge on any atom is -0.434 e. The van der Waals surface area contributed by atoms with E-state index in [1.165, 1.54) is 10.8 Å². The predicted octanol–water partition coefficient (Wildman–Crippen LogP) is 2.39. The zero-order valence-corrected chi connectivity index (χ0v) is 18.9. The third-order valence-corrected chi connectivity index (χ3v) is 5.85. The van der Waals surface area contributed by atoms with E-state index in [1.807, 2.05) is 13.8 Å². The van der Waals surface area contributed by atoms with Crippen molar-refractivity contribution in [3.05, 3.63) is 24.2 Å². The largest absolute Gasteiger partial charge is 0.508 e. The van der Waals surface area contributed by atoms with Crippen LogP contribution in [0.2, 0.25) is 0 Å². The number of fused-ring (bicyclic) bond motifs is 1. The van der Waals surface area contributed by atoms with Crippen LogP contribution in [0.1, 0.15) is 58.3 Å². The van der Waals surface area contributed by atoms with Gasteiger partial charge in [0, 0.05) is 0 Å². The van der Waals surface area contributed by atoms with Crippen LogP contribution in [0.15, 0.2) is 18.5 Å². The standard InChI is InChI=1S/C19H26N4O6.C2H6.H3N/c1-19(9-28-18(26)27-8-11-4-2-3-5-11)16(25)14(24)15(29-19)12-6-7-13-17(20)21-10-22-23(12)13;1-2;/h6-7,10-11,14-16,24-25H,2-5,8-9H2,1H3,(H2,20,21,22);1-2H3;1H3/t14-,15-,16-,19+;;/m0../s1. The summed E-state index contributed by atoms with van der Waals surface area (Å²) in [4.78, 5) is 15.9. The molecule has 11 nitrogen and oxygen atoms in total. The Labute approximate surface area is 187 Å². The maximum Gasteiger partial charge on any atom is 0.508 e. The highest BCUT2D eigenvalue weighted by atomic mass is 16.7. The molecule has 1 aliphatic heterocycles. The Kier molecular flexibility index (Phi) is 8.79. The molecular formula is C21H35N5O6. The Morgan fingerprint density at radius 1 is 1.28 bits per heavy atom. The lowest BCUT2D eigenvalue weighted by Gasteiger charge is -2.26. The first-order chi connectivity index (χ1) is 14.9. The lowest BCUT2D eigenvalue weighted by Crippen LogP contribution is -2.44. The van der Waals surface area contributed by atoms with Gasteiger partial charge in [-0.25, -0.2) is 14.3 Å². The third-order valence-electron chi connectivity index (χ3n) is 5.85. The molecule has 0 bridgehead atoms. The van der Waals surface area contributed by atoms with Gasteiger partial charge in [-0.15, -0.1) is 0 Å². The van der Waals surface area contributed by atoms with Gasteiger partial charge in [0.1, 0.15) is 42.4 Å². The first kappa shape index (κ1) is 25.8. The number of anilines is 1. The summed E-state index contributed by atoms with van der Waals surface area (Å²) in [6.45, 7) is 5.65. The number of carbonyl (C=O) groups is 1. The van der Waals surface area contributed by atoms with E-state index in [0.29, 0.717) is 23.7 Å². The highest BCUT2D eigenvalue weighted by molar-refractivity contribution is 5.65. The summed E-state index contributed by atoms with van der Waals surface area (Å²) in [5.74, 6) is 0.671. The zero-order chi connectivity index (χ0) is 22.6. The van der Waals surface area contributed by atoms with Crippen LogP contribution in [-0.2, 0) is 14.2 Å². The van der Waals surface area contributed by atoms with Crippen LogP contribution < -0.4 is 11.9 Å². The molecule has 2 aromatic heterocycles. The smallest absolute Gasteiger partial charge is 0.434 e. The third kappa shape index (κ3) is 5.12. The molecular weight excluding hydrogens is 418 g/mol. The SMILES string of the molecule is CC.C[C@]1(COC(=O)OCC2CCCC2)O[C@@H](c2ccc3c(N)ncnn23)[C@H](O)[C@@H]1O.N. The average molecular weight is 454 g/mol. The number of aliphatic hydroxyl groups is 2. The summed E-state index contributed by atoms with van der Waals surface area (Å²) in [5.41, 5.74) is 5.61. The van der Waals surface area contributed by atoms with Crippen molar-refractivity contribution in [1.82, 2.24) is 20.7 Å². The molecule has 7 N–H and O–H groups in total. The number of carbonyl (C=O) groups excluding carboxylic acids is 1. The summed E-state index contributed by atoms with van der Waals surface area (Å²) in [6.07, 6.45) is 1.51. The van der Waals surface area contributed by atoms with Gasteiger partial charge in [-0.05, 0) is 37.8 Å². The number of hydrogen-bond acceptors (Lipinski definition) is 10. The van der Waals surface area contributed by atoms with Gasteiger partial charge in [0.2, 0.25) is 0 Å². The molecule has 4 rings (SSSR count). The molecule has 4 atom stereocenters. The van der Waals surface area contributed by atoms with Crippen LogP contribution in [0.5, 0.6) is 0 Å². The number of rotatable bonds is 5. The normalized spacial score (nSPS) is 27.5. The molecule has 0 aromatic carbocycles. The quantitative estimate of drug-likeness (QED) is 0.491. The Morgan fingerprint density at radius 2 is 1.97 bits per heavy atom. The summed E-state index contributed by atoms with van der Waals surface area (Å²) in [5, 5.41) is 25.3. The molecule has 2 aromatic rings. The Balaban J connectivity index is 0.00000118. The first-order valence-electron chi connectivity index (χ1n) is 10.8. The van der Waals surface area contributed by atoms with Crippen molar-refractivity contribution >= 4 is 17.5 Å². The van der Waals surface area contributed by atoms with E-state index in [0.717, 1.165) is 25.7 Å². The molecule has 2 aliphatic rings. The minimum atomic E-state index is -1.31. The van der Waals surface area contributed by atoms with Gasteiger partial charge in [0.15, 0.2) is 5.82 Å². The number of aromatic nitrogens is 3. The van der Waals surface area contributed by atoms with Gasteiger partial charge in [-0.1, -0.05) is 26.7 Å². The molecule has 3 heterocycles. The highest BCUT2D eigenvalue weighted by Gasteiger charge is 2.53. The van der Waals surface area contributed by atoms with Crippen molar-refractivity contribution in [2.45, 2.75) is 70.4 Å². The molecule has 0 unspecified atom stereocenters. The summed E-state index contributed by atoms with van der Waals surface area (Å²) in [6, 6.07) is 3.41. The van der Waals surface area contributed by atoms with Gasteiger partial charge in [-0.3, -0.25) is 0 Å². The van der Waals surface area contributed by atoms with Crippen molar-refractivity contribution in [3.8, 4) is 0 Å². The van der Waals surface area contributed by atoms with Gasteiger partial charge >= 0.3 is 6.16 Å². The molecule has 0 spiro atoms. The van der Waals surface area contributed by atoms with Gasteiger partial charge in [0.05, 0.1) is 12.3 Å². The molecule has 11 heteroatoms. The Bertz CT molecular complexity index is 887. The van der Waals surface area contributed by atoms with E-state index in [9.17, 15) is 15.0 Å². The fraction of sp³-hybridized carbons (Fsp3) is 0.667. The van der Waals surface area contributed by atoms with Gasteiger partial charge in [0.25, 0.3) is 0 Å². The number of aliphatic hydroxyl groups excluding tert-OH is 2. The molecule has 1 aliphatic carbocycles. The fourth-order valence-corrected chi connectivity index (χ4v) is 4.11. The van der Waals surface area contributed by atoms with Crippen LogP contribution in [0.3, 0.4) is 0 Å². The lowest BCUT2D eigenvalue weighted by atomic mass is 9.97. The summed E-state index contributed by atoms with van der Waals surface area (Å²) in [7, 11) is 0. The van der Waals surface area contributed by atoms with Crippen molar-refractivity contribution in [1.29, 1.82) is 0 Å². The molecule has 0 amide bonds. The first-order valence-corrected chi connectivity index (χ1v) is 10.8. The van der Waals surface area contributed by atoms with E-state index < -0.39 is 30.1 Å². The predicted molar refractivity (Wildman–Crippen MR) is 117 cm³/mol. The molecule has 1 saturated heterocycles. The minimum absolute atomic E-state index is 0. The van der Waals surface area contributed by atoms with Crippen molar-refractivity contribution in [2.75, 3.05) is 18.9 Å². The molecule has 180 valence electrons. The Morgan fingerprint density at radius 3 is 2.66 bits per heavy atom. The molecule has 1 saturated carbocycles. The van der Waals surface area contributed by atoms with Crippen molar-refractivity contribution < 1.29 is 29.2 Å². The molecule has 2 fully saturated rings. The van der Waals surface area contributed by atoms with E-state index >= 15 is 0 Å². The molecule has 0 radical (unpaired) electrons. The lowest BCUT2D eigenvalue weighted by molar-refractivity contribution is -0.109. The van der Waals surface area contributed by atoms with E-state index in [-0.39, 0.29) is 18.6 Å². The van der Waals surface area contributed by atoms with Gasteiger partial charge < -0.3 is 36.3 Å². The fourth-order valence-electron chi connectivity index (χ4n) is 4.11. The number of nitrogens with two attached hydrogens (primary N) is 1. The van der Waals surface area contributed by atoms with E-state index in [2.05, 4.69) is 10.1 Å². The van der Waals surface area contributed by atoms with E-state index in [4.69, 9.17) is 19.9 Å². The summed E-state index contributed by atoms with van der Waals surface area (Å²) >= 11 is 0.